The highest BCUT2D eigenvalue weighted by atomic mass is 79.9. The van der Waals surface area contributed by atoms with Crippen molar-refractivity contribution in [3.8, 4) is 11.3 Å². The summed E-state index contributed by atoms with van der Waals surface area (Å²) in [6.07, 6.45) is -0.371. The normalized spacial score (nSPS) is 16.0. The standard InChI is InChI=1S/C23H20BrN3O3/c1-25-19-17(22(28)26(2)23(25)29)18(14-6-4-3-5-7-14)27-12-13-30-21(20(19)27)15-8-10-16(24)11-9-15/h3-11,21H,12-13H2,1-2H3. The highest BCUT2D eigenvalue weighted by Crippen LogP contribution is 2.40. The lowest BCUT2D eigenvalue weighted by Gasteiger charge is -2.27. The van der Waals surface area contributed by atoms with Gasteiger partial charge in [0, 0.05) is 25.1 Å². The van der Waals surface area contributed by atoms with Crippen molar-refractivity contribution in [2.75, 3.05) is 6.61 Å². The molecule has 0 saturated carbocycles. The molecule has 1 aliphatic heterocycles. The third-order valence-corrected chi connectivity index (χ3v) is 6.30. The van der Waals surface area contributed by atoms with Crippen LogP contribution in [0.15, 0.2) is 68.7 Å². The zero-order chi connectivity index (χ0) is 21.0. The van der Waals surface area contributed by atoms with Crippen molar-refractivity contribution in [3.63, 3.8) is 0 Å². The molecular weight excluding hydrogens is 446 g/mol. The number of halogens is 1. The van der Waals surface area contributed by atoms with E-state index in [1.165, 1.54) is 11.6 Å². The summed E-state index contributed by atoms with van der Waals surface area (Å²) in [6.45, 7) is 1.13. The lowest BCUT2D eigenvalue weighted by atomic mass is 10.0. The van der Waals surface area contributed by atoms with Gasteiger partial charge in [-0.05, 0) is 23.3 Å². The van der Waals surface area contributed by atoms with Gasteiger partial charge in [-0.2, -0.15) is 0 Å². The molecule has 1 unspecified atom stereocenters. The summed E-state index contributed by atoms with van der Waals surface area (Å²) in [5, 5.41) is 0.549. The van der Waals surface area contributed by atoms with Crippen molar-refractivity contribution in [1.82, 2.24) is 13.7 Å². The van der Waals surface area contributed by atoms with Gasteiger partial charge in [0.25, 0.3) is 5.56 Å². The second-order valence-corrected chi connectivity index (χ2v) is 8.40. The van der Waals surface area contributed by atoms with Gasteiger partial charge in [-0.3, -0.25) is 13.9 Å². The molecule has 0 radical (unpaired) electrons. The molecule has 5 rings (SSSR count). The van der Waals surface area contributed by atoms with Crippen molar-refractivity contribution in [2.24, 2.45) is 14.1 Å². The fourth-order valence-corrected chi connectivity index (χ4v) is 4.63. The predicted molar refractivity (Wildman–Crippen MR) is 120 cm³/mol. The summed E-state index contributed by atoms with van der Waals surface area (Å²) >= 11 is 3.48. The van der Waals surface area contributed by atoms with E-state index in [2.05, 4.69) is 20.5 Å². The Bertz CT molecular complexity index is 1380. The summed E-state index contributed by atoms with van der Waals surface area (Å²) < 4.78 is 12.1. The second-order valence-electron chi connectivity index (χ2n) is 7.48. The first-order chi connectivity index (χ1) is 14.5. The van der Waals surface area contributed by atoms with Crippen LogP contribution >= 0.6 is 15.9 Å². The molecule has 0 saturated heterocycles. The molecule has 0 spiro atoms. The number of rotatable bonds is 2. The van der Waals surface area contributed by atoms with Gasteiger partial charge in [-0.1, -0.05) is 58.4 Å². The lowest BCUT2D eigenvalue weighted by Crippen LogP contribution is -2.37. The third-order valence-electron chi connectivity index (χ3n) is 5.77. The minimum atomic E-state index is -0.371. The van der Waals surface area contributed by atoms with Gasteiger partial charge in [0.2, 0.25) is 0 Å². The SMILES string of the molecule is Cn1c(=O)c2c(-c3ccccc3)n3c(c2n(C)c1=O)C(c1ccc(Br)cc1)OCC3. The Balaban J connectivity index is 1.94. The zero-order valence-corrected chi connectivity index (χ0v) is 18.2. The number of ether oxygens (including phenoxy) is 1. The number of hydrogen-bond donors (Lipinski definition) is 0. The molecule has 7 heteroatoms. The van der Waals surface area contributed by atoms with Crippen LogP contribution in [-0.2, 0) is 25.4 Å². The molecule has 0 fully saturated rings. The topological polar surface area (TPSA) is 58.2 Å². The molecule has 1 aliphatic rings. The van der Waals surface area contributed by atoms with Crippen LogP contribution < -0.4 is 11.2 Å². The number of aromatic nitrogens is 3. The van der Waals surface area contributed by atoms with Crippen LogP contribution in [0, 0.1) is 0 Å². The van der Waals surface area contributed by atoms with E-state index in [1.54, 1.807) is 11.6 Å². The van der Waals surface area contributed by atoms with Gasteiger partial charge in [0.1, 0.15) is 6.10 Å². The fraction of sp³-hybridized carbons (Fsp3) is 0.217. The molecule has 2 aromatic carbocycles. The quantitative estimate of drug-likeness (QED) is 0.454. The van der Waals surface area contributed by atoms with Crippen molar-refractivity contribution < 1.29 is 4.74 Å². The number of fused-ring (bicyclic) bond motifs is 3. The van der Waals surface area contributed by atoms with Crippen LogP contribution in [0.25, 0.3) is 22.2 Å². The molecule has 30 heavy (non-hydrogen) atoms. The van der Waals surface area contributed by atoms with Crippen LogP contribution in [-0.4, -0.2) is 20.3 Å². The van der Waals surface area contributed by atoms with E-state index in [4.69, 9.17) is 4.74 Å². The monoisotopic (exact) mass is 465 g/mol. The summed E-state index contributed by atoms with van der Waals surface area (Å²) in [5.74, 6) is 0. The van der Waals surface area contributed by atoms with Gasteiger partial charge in [-0.15, -0.1) is 0 Å². The molecule has 1 atom stereocenters. The van der Waals surface area contributed by atoms with Crippen LogP contribution in [0.1, 0.15) is 17.4 Å². The minimum absolute atomic E-state index is 0.289. The molecule has 0 amide bonds. The van der Waals surface area contributed by atoms with E-state index in [0.29, 0.717) is 24.1 Å². The van der Waals surface area contributed by atoms with Crippen LogP contribution in [0.4, 0.5) is 0 Å². The first-order valence-corrected chi connectivity index (χ1v) is 10.5. The molecule has 4 aromatic rings. The molecule has 2 aromatic heterocycles. The van der Waals surface area contributed by atoms with Crippen molar-refractivity contribution in [1.29, 1.82) is 0 Å². The van der Waals surface area contributed by atoms with Gasteiger partial charge in [0.05, 0.1) is 28.9 Å². The molecule has 0 N–H and O–H groups in total. The van der Waals surface area contributed by atoms with Crippen LogP contribution in [0.5, 0.6) is 0 Å². The Morgan fingerprint density at radius 2 is 1.67 bits per heavy atom. The average molecular weight is 466 g/mol. The molecule has 3 heterocycles. The van der Waals surface area contributed by atoms with E-state index in [0.717, 1.165) is 27.0 Å². The summed E-state index contributed by atoms with van der Waals surface area (Å²) in [4.78, 5) is 26.1. The number of benzene rings is 2. The lowest BCUT2D eigenvalue weighted by molar-refractivity contribution is 0.0478. The van der Waals surface area contributed by atoms with E-state index in [-0.39, 0.29) is 17.4 Å². The van der Waals surface area contributed by atoms with Crippen molar-refractivity contribution in [2.45, 2.75) is 12.6 Å². The first kappa shape index (κ1) is 19.1. The Labute approximate surface area is 181 Å². The maximum absolute atomic E-state index is 13.3. The summed E-state index contributed by atoms with van der Waals surface area (Å²) in [5.41, 5.74) is 3.60. The predicted octanol–water partition coefficient (Wildman–Crippen LogP) is 3.59. The van der Waals surface area contributed by atoms with Crippen LogP contribution in [0.2, 0.25) is 0 Å². The molecule has 152 valence electrons. The maximum atomic E-state index is 13.3. The second kappa shape index (κ2) is 7.11. The molecule has 6 nitrogen and oxygen atoms in total. The number of nitrogens with zero attached hydrogens (tertiary/aromatic N) is 3. The Morgan fingerprint density at radius 1 is 0.967 bits per heavy atom. The average Bonchev–Trinajstić information content (AvgIpc) is 3.13. The smallest absolute Gasteiger partial charge is 0.331 e. The molecular formula is C23H20BrN3O3. The summed E-state index contributed by atoms with van der Waals surface area (Å²) in [7, 11) is 3.24. The van der Waals surface area contributed by atoms with Crippen molar-refractivity contribution >= 4 is 26.8 Å². The van der Waals surface area contributed by atoms with E-state index >= 15 is 0 Å². The van der Waals surface area contributed by atoms with Gasteiger partial charge >= 0.3 is 5.69 Å². The van der Waals surface area contributed by atoms with E-state index in [1.807, 2.05) is 54.6 Å². The third kappa shape index (κ3) is 2.73. The highest BCUT2D eigenvalue weighted by Gasteiger charge is 2.32. The number of aryl methyl sites for hydroxylation is 1. The summed E-state index contributed by atoms with van der Waals surface area (Å²) in [6, 6.07) is 17.8. The first-order valence-electron chi connectivity index (χ1n) is 9.73. The van der Waals surface area contributed by atoms with Gasteiger partial charge < -0.3 is 9.30 Å². The Morgan fingerprint density at radius 3 is 2.37 bits per heavy atom. The number of hydrogen-bond acceptors (Lipinski definition) is 3. The van der Waals surface area contributed by atoms with Crippen LogP contribution in [0.3, 0.4) is 0 Å². The molecule has 0 bridgehead atoms. The van der Waals surface area contributed by atoms with E-state index in [9.17, 15) is 9.59 Å². The van der Waals surface area contributed by atoms with Crippen molar-refractivity contribution in [3.05, 3.63) is 91.2 Å². The highest BCUT2D eigenvalue weighted by molar-refractivity contribution is 9.10. The van der Waals surface area contributed by atoms with E-state index < -0.39 is 0 Å². The largest absolute Gasteiger partial charge is 0.365 e. The minimum Gasteiger partial charge on any atom is -0.365 e. The van der Waals surface area contributed by atoms with Gasteiger partial charge in [0.15, 0.2) is 0 Å². The Hall–Kier alpha value is -2.90. The zero-order valence-electron chi connectivity index (χ0n) is 16.6. The Kier molecular flexibility index (Phi) is 4.52. The van der Waals surface area contributed by atoms with Gasteiger partial charge in [-0.25, -0.2) is 4.79 Å². The molecule has 0 aliphatic carbocycles. The maximum Gasteiger partial charge on any atom is 0.331 e. The fourth-order valence-electron chi connectivity index (χ4n) is 4.37.